The SMILES string of the molecule is COC(=O)c1c(NC(=O)C(C#N)=Cc2ccc(N(C)C)o2)sc(C(=O)N(C)C)c1C. The Hall–Kier alpha value is -3.58. The molecule has 0 aliphatic rings. The van der Waals surface area contributed by atoms with E-state index in [0.29, 0.717) is 22.1 Å². The van der Waals surface area contributed by atoms with Crippen LogP contribution in [-0.2, 0) is 9.53 Å². The molecule has 0 saturated carbocycles. The van der Waals surface area contributed by atoms with Crippen LogP contribution in [0.1, 0.15) is 31.4 Å². The van der Waals surface area contributed by atoms with E-state index in [-0.39, 0.29) is 22.0 Å². The number of nitriles is 1. The zero-order chi connectivity index (χ0) is 22.6. The van der Waals surface area contributed by atoms with E-state index in [1.165, 1.54) is 18.1 Å². The Balaban J connectivity index is 2.41. The van der Waals surface area contributed by atoms with Gasteiger partial charge in [-0.1, -0.05) is 0 Å². The molecular formula is C20H22N4O5S. The van der Waals surface area contributed by atoms with Crippen molar-refractivity contribution in [3.63, 3.8) is 0 Å². The topological polar surface area (TPSA) is 116 Å². The zero-order valence-corrected chi connectivity index (χ0v) is 18.3. The minimum Gasteiger partial charge on any atom is -0.465 e. The molecule has 0 unspecified atom stereocenters. The summed E-state index contributed by atoms with van der Waals surface area (Å²) in [7, 11) is 7.96. The molecule has 2 heterocycles. The quantitative estimate of drug-likeness (QED) is 0.425. The summed E-state index contributed by atoms with van der Waals surface area (Å²) < 4.78 is 10.3. The number of nitrogens with one attached hydrogen (secondary N) is 1. The number of rotatable bonds is 6. The molecule has 10 heteroatoms. The highest BCUT2D eigenvalue weighted by Gasteiger charge is 2.27. The first-order valence-electron chi connectivity index (χ1n) is 8.74. The Morgan fingerprint density at radius 2 is 1.90 bits per heavy atom. The number of esters is 1. The van der Waals surface area contributed by atoms with E-state index in [1.807, 2.05) is 6.07 Å². The van der Waals surface area contributed by atoms with Crippen LogP contribution in [-0.4, -0.2) is 58.0 Å². The lowest BCUT2D eigenvalue weighted by molar-refractivity contribution is -0.112. The van der Waals surface area contributed by atoms with Gasteiger partial charge in [0.15, 0.2) is 5.88 Å². The van der Waals surface area contributed by atoms with Gasteiger partial charge >= 0.3 is 5.97 Å². The first-order chi connectivity index (χ1) is 14.1. The Kier molecular flexibility index (Phi) is 7.02. The molecule has 0 aliphatic heterocycles. The molecule has 1 N–H and O–H groups in total. The summed E-state index contributed by atoms with van der Waals surface area (Å²) in [4.78, 5) is 40.7. The fourth-order valence-electron chi connectivity index (χ4n) is 2.48. The van der Waals surface area contributed by atoms with Crippen LogP contribution in [0.25, 0.3) is 6.08 Å². The van der Waals surface area contributed by atoms with Crippen molar-refractivity contribution in [3.05, 3.63) is 39.5 Å². The number of carbonyl (C=O) groups is 3. The molecule has 2 amide bonds. The average Bonchev–Trinajstić information content (AvgIpc) is 3.29. The summed E-state index contributed by atoms with van der Waals surface area (Å²) in [5.74, 6) is -0.861. The fraction of sp³-hybridized carbons (Fsp3) is 0.300. The van der Waals surface area contributed by atoms with Crippen LogP contribution in [0.5, 0.6) is 0 Å². The van der Waals surface area contributed by atoms with Gasteiger partial charge in [-0.25, -0.2) is 4.79 Å². The lowest BCUT2D eigenvalue weighted by Crippen LogP contribution is -2.21. The normalized spacial score (nSPS) is 10.9. The van der Waals surface area contributed by atoms with Crippen molar-refractivity contribution >= 4 is 46.1 Å². The van der Waals surface area contributed by atoms with Gasteiger partial charge in [-0.3, -0.25) is 9.59 Å². The number of furan rings is 1. The second kappa shape index (κ2) is 9.28. The van der Waals surface area contributed by atoms with Crippen molar-refractivity contribution in [2.75, 3.05) is 45.5 Å². The molecule has 158 valence electrons. The number of carbonyl (C=O) groups excluding carboxylic acids is 3. The van der Waals surface area contributed by atoms with Crippen LogP contribution >= 0.6 is 11.3 Å². The van der Waals surface area contributed by atoms with Gasteiger partial charge in [-0.05, 0) is 18.6 Å². The van der Waals surface area contributed by atoms with Crippen molar-refractivity contribution < 1.29 is 23.5 Å². The highest BCUT2D eigenvalue weighted by molar-refractivity contribution is 7.18. The number of ether oxygens (including phenoxy) is 1. The van der Waals surface area contributed by atoms with Gasteiger partial charge in [-0.15, -0.1) is 11.3 Å². The molecule has 0 saturated heterocycles. The monoisotopic (exact) mass is 430 g/mol. The van der Waals surface area contributed by atoms with E-state index >= 15 is 0 Å². The smallest absolute Gasteiger partial charge is 0.341 e. The van der Waals surface area contributed by atoms with Crippen LogP contribution in [0.15, 0.2) is 22.1 Å². The third-order valence-electron chi connectivity index (χ3n) is 4.07. The number of amides is 2. The molecule has 30 heavy (non-hydrogen) atoms. The lowest BCUT2D eigenvalue weighted by Gasteiger charge is -2.08. The molecule has 9 nitrogen and oxygen atoms in total. The molecule has 0 fully saturated rings. The third kappa shape index (κ3) is 4.69. The summed E-state index contributed by atoms with van der Waals surface area (Å²) in [6, 6.07) is 5.16. The van der Waals surface area contributed by atoms with Crippen molar-refractivity contribution in [1.82, 2.24) is 4.90 Å². The maximum Gasteiger partial charge on any atom is 0.341 e. The zero-order valence-electron chi connectivity index (χ0n) is 17.5. The molecule has 0 aliphatic carbocycles. The molecule has 2 aromatic rings. The van der Waals surface area contributed by atoms with Gasteiger partial charge in [0.1, 0.15) is 22.4 Å². The summed E-state index contributed by atoms with van der Waals surface area (Å²) >= 11 is 0.946. The minimum absolute atomic E-state index is 0.0752. The highest BCUT2D eigenvalue weighted by Crippen LogP contribution is 2.34. The maximum absolute atomic E-state index is 12.7. The van der Waals surface area contributed by atoms with Crippen LogP contribution in [0.2, 0.25) is 0 Å². The van der Waals surface area contributed by atoms with Gasteiger partial charge in [0.2, 0.25) is 0 Å². The van der Waals surface area contributed by atoms with E-state index in [0.717, 1.165) is 11.3 Å². The molecule has 2 aromatic heterocycles. The van der Waals surface area contributed by atoms with Crippen LogP contribution < -0.4 is 10.2 Å². The second-order valence-electron chi connectivity index (χ2n) is 6.65. The Morgan fingerprint density at radius 1 is 1.23 bits per heavy atom. The Morgan fingerprint density at radius 3 is 2.40 bits per heavy atom. The van der Waals surface area contributed by atoms with Crippen molar-refractivity contribution in [3.8, 4) is 6.07 Å². The summed E-state index contributed by atoms with van der Waals surface area (Å²) in [6.07, 6.45) is 1.30. The van der Waals surface area contributed by atoms with Gasteiger partial charge in [0.25, 0.3) is 11.8 Å². The molecule has 0 aromatic carbocycles. The number of nitrogens with zero attached hydrogens (tertiary/aromatic N) is 3. The number of thiophene rings is 1. The van der Waals surface area contributed by atoms with Crippen LogP contribution in [0.3, 0.4) is 0 Å². The van der Waals surface area contributed by atoms with E-state index in [9.17, 15) is 19.6 Å². The number of hydrogen-bond donors (Lipinski definition) is 1. The van der Waals surface area contributed by atoms with Gasteiger partial charge in [0, 0.05) is 40.3 Å². The number of anilines is 2. The first kappa shape index (κ1) is 22.7. The summed E-state index contributed by atoms with van der Waals surface area (Å²) in [5.41, 5.74) is 0.244. The predicted molar refractivity (Wildman–Crippen MR) is 114 cm³/mol. The Labute approximate surface area is 178 Å². The summed E-state index contributed by atoms with van der Waals surface area (Å²) in [6.45, 7) is 1.60. The molecule has 0 spiro atoms. The van der Waals surface area contributed by atoms with Crippen LogP contribution in [0, 0.1) is 18.3 Å². The maximum atomic E-state index is 12.7. The third-order valence-corrected chi connectivity index (χ3v) is 5.26. The fourth-order valence-corrected chi connectivity index (χ4v) is 3.69. The van der Waals surface area contributed by atoms with Crippen molar-refractivity contribution in [1.29, 1.82) is 5.26 Å². The Bertz CT molecular complexity index is 1060. The molecule has 0 radical (unpaired) electrons. The first-order valence-corrected chi connectivity index (χ1v) is 9.56. The van der Waals surface area contributed by atoms with Gasteiger partial charge in [-0.2, -0.15) is 5.26 Å². The van der Waals surface area contributed by atoms with Crippen molar-refractivity contribution in [2.45, 2.75) is 6.92 Å². The van der Waals surface area contributed by atoms with Gasteiger partial charge < -0.3 is 24.3 Å². The lowest BCUT2D eigenvalue weighted by atomic mass is 10.1. The second-order valence-corrected chi connectivity index (χ2v) is 7.67. The van der Waals surface area contributed by atoms with Crippen LogP contribution in [0.4, 0.5) is 10.9 Å². The summed E-state index contributed by atoms with van der Waals surface area (Å²) in [5, 5.41) is 12.1. The van der Waals surface area contributed by atoms with E-state index < -0.39 is 11.9 Å². The number of methoxy groups -OCH3 is 1. The van der Waals surface area contributed by atoms with E-state index in [4.69, 9.17) is 9.15 Å². The minimum atomic E-state index is -0.740. The highest BCUT2D eigenvalue weighted by atomic mass is 32.1. The standard InChI is InChI=1S/C20H22N4O5S/c1-11-15(20(27)28-6)18(30-16(11)19(26)24(4)5)22-17(25)12(10-21)9-13-7-8-14(29-13)23(2)3/h7-9H,1-6H3,(H,22,25). The van der Waals surface area contributed by atoms with E-state index in [1.54, 1.807) is 52.1 Å². The molecule has 0 atom stereocenters. The number of hydrogen-bond acceptors (Lipinski definition) is 8. The van der Waals surface area contributed by atoms with Gasteiger partial charge in [0.05, 0.1) is 17.6 Å². The predicted octanol–water partition coefficient (Wildman–Crippen LogP) is 2.75. The molecule has 0 bridgehead atoms. The van der Waals surface area contributed by atoms with Crippen molar-refractivity contribution in [2.24, 2.45) is 0 Å². The largest absolute Gasteiger partial charge is 0.465 e. The average molecular weight is 430 g/mol. The molecular weight excluding hydrogens is 408 g/mol. The van der Waals surface area contributed by atoms with E-state index in [2.05, 4.69) is 5.32 Å². The molecule has 2 rings (SSSR count).